The van der Waals surface area contributed by atoms with E-state index >= 15 is 0 Å². The van der Waals surface area contributed by atoms with Crippen molar-refractivity contribution < 1.29 is 9.47 Å². The molecule has 0 unspecified atom stereocenters. The van der Waals surface area contributed by atoms with Crippen LogP contribution in [0.1, 0.15) is 24.3 Å². The Labute approximate surface area is 119 Å². The van der Waals surface area contributed by atoms with Crippen LogP contribution in [-0.4, -0.2) is 17.3 Å². The molecule has 4 nitrogen and oxygen atoms in total. The molecule has 0 amide bonds. The van der Waals surface area contributed by atoms with E-state index in [1.165, 1.54) is 18.4 Å². The highest BCUT2D eigenvalue weighted by atomic mass is 79.9. The summed E-state index contributed by atoms with van der Waals surface area (Å²) in [7, 11) is 1.55. The first-order valence-electron chi connectivity index (χ1n) is 6.11. The van der Waals surface area contributed by atoms with Crippen LogP contribution in [0, 0.1) is 0 Å². The number of nitrogens with zero attached hydrogens (tertiary/aromatic N) is 2. The molecule has 1 heterocycles. The standard InChI is InChI=1S/C14H13BrN2O2/c1-18-14-13(15)12(8-16-17-14)19-11-4-2-3-10(7-11)9-5-6-9/h2-4,7-9H,5-6H2,1H3. The van der Waals surface area contributed by atoms with Gasteiger partial charge in [0.1, 0.15) is 10.2 Å². The third kappa shape index (κ3) is 2.71. The van der Waals surface area contributed by atoms with Crippen molar-refractivity contribution in [3.8, 4) is 17.4 Å². The summed E-state index contributed by atoms with van der Waals surface area (Å²) in [6.45, 7) is 0. The van der Waals surface area contributed by atoms with E-state index in [0.717, 1.165) is 5.75 Å². The van der Waals surface area contributed by atoms with Crippen molar-refractivity contribution in [1.29, 1.82) is 0 Å². The molecule has 0 aliphatic heterocycles. The molecule has 0 N–H and O–H groups in total. The Bertz CT molecular complexity index is 600. The molecule has 3 rings (SSSR count). The van der Waals surface area contributed by atoms with Crippen molar-refractivity contribution in [2.75, 3.05) is 7.11 Å². The Kier molecular flexibility index (Phi) is 3.38. The van der Waals surface area contributed by atoms with Gasteiger partial charge in [-0.25, -0.2) is 0 Å². The van der Waals surface area contributed by atoms with Crippen LogP contribution in [0.5, 0.6) is 17.4 Å². The molecule has 0 radical (unpaired) electrons. The Hall–Kier alpha value is -1.62. The summed E-state index contributed by atoms with van der Waals surface area (Å²) in [4.78, 5) is 0. The van der Waals surface area contributed by atoms with Crippen molar-refractivity contribution in [1.82, 2.24) is 10.2 Å². The van der Waals surface area contributed by atoms with Crippen LogP contribution >= 0.6 is 15.9 Å². The number of ether oxygens (including phenoxy) is 2. The summed E-state index contributed by atoms with van der Waals surface area (Å²) in [5, 5.41) is 7.71. The van der Waals surface area contributed by atoms with Crippen LogP contribution < -0.4 is 9.47 Å². The number of aromatic nitrogens is 2. The van der Waals surface area contributed by atoms with Crippen molar-refractivity contribution in [3.05, 3.63) is 40.5 Å². The molecule has 1 saturated carbocycles. The first kappa shape index (κ1) is 12.4. The Morgan fingerprint density at radius 3 is 2.89 bits per heavy atom. The Morgan fingerprint density at radius 1 is 1.32 bits per heavy atom. The lowest BCUT2D eigenvalue weighted by molar-refractivity contribution is 0.381. The quantitative estimate of drug-likeness (QED) is 0.856. The van der Waals surface area contributed by atoms with Crippen LogP contribution in [0.4, 0.5) is 0 Å². The molecule has 0 spiro atoms. The minimum absolute atomic E-state index is 0.413. The molecule has 1 aliphatic carbocycles. The average molecular weight is 321 g/mol. The fourth-order valence-corrected chi connectivity index (χ4v) is 2.34. The number of hydrogen-bond donors (Lipinski definition) is 0. The molecular weight excluding hydrogens is 308 g/mol. The number of rotatable bonds is 4. The fraction of sp³-hybridized carbons (Fsp3) is 0.286. The zero-order chi connectivity index (χ0) is 13.2. The Morgan fingerprint density at radius 2 is 2.16 bits per heavy atom. The molecule has 1 aliphatic rings. The first-order valence-corrected chi connectivity index (χ1v) is 6.90. The molecule has 19 heavy (non-hydrogen) atoms. The monoisotopic (exact) mass is 320 g/mol. The average Bonchev–Trinajstić information content (AvgIpc) is 3.26. The molecule has 1 aromatic heterocycles. The lowest BCUT2D eigenvalue weighted by Gasteiger charge is -2.09. The van der Waals surface area contributed by atoms with Gasteiger partial charge in [0.2, 0.25) is 0 Å². The molecule has 98 valence electrons. The SMILES string of the molecule is COc1nncc(Oc2cccc(C3CC3)c2)c1Br. The zero-order valence-corrected chi connectivity index (χ0v) is 12.1. The molecule has 2 aromatic rings. The van der Waals surface area contributed by atoms with E-state index in [1.807, 2.05) is 12.1 Å². The minimum atomic E-state index is 0.413. The maximum atomic E-state index is 5.84. The van der Waals surface area contributed by atoms with Crippen LogP contribution in [0.2, 0.25) is 0 Å². The highest BCUT2D eigenvalue weighted by Crippen LogP contribution is 2.42. The summed E-state index contributed by atoms with van der Waals surface area (Å²) in [5.41, 5.74) is 1.34. The third-order valence-corrected chi connectivity index (χ3v) is 3.79. The molecule has 0 atom stereocenters. The normalized spacial score (nSPS) is 14.2. The van der Waals surface area contributed by atoms with Gasteiger partial charge in [0, 0.05) is 0 Å². The van der Waals surface area contributed by atoms with Crippen LogP contribution in [0.15, 0.2) is 34.9 Å². The number of methoxy groups -OCH3 is 1. The van der Waals surface area contributed by atoms with Crippen molar-refractivity contribution in [2.45, 2.75) is 18.8 Å². The second-order valence-electron chi connectivity index (χ2n) is 4.48. The maximum Gasteiger partial charge on any atom is 0.251 e. The first-order chi connectivity index (χ1) is 9.28. The van der Waals surface area contributed by atoms with E-state index in [1.54, 1.807) is 13.3 Å². The Balaban J connectivity index is 1.86. The van der Waals surface area contributed by atoms with E-state index < -0.39 is 0 Å². The molecular formula is C14H13BrN2O2. The van der Waals surface area contributed by atoms with Gasteiger partial charge in [-0.05, 0) is 52.4 Å². The summed E-state index contributed by atoms with van der Waals surface area (Å²) in [6, 6.07) is 8.18. The molecule has 1 fully saturated rings. The van der Waals surface area contributed by atoms with Gasteiger partial charge < -0.3 is 9.47 Å². The van der Waals surface area contributed by atoms with E-state index in [9.17, 15) is 0 Å². The second-order valence-corrected chi connectivity index (χ2v) is 5.27. The van der Waals surface area contributed by atoms with Crippen molar-refractivity contribution >= 4 is 15.9 Å². The van der Waals surface area contributed by atoms with Crippen molar-refractivity contribution in [3.63, 3.8) is 0 Å². The highest BCUT2D eigenvalue weighted by molar-refractivity contribution is 9.10. The van der Waals surface area contributed by atoms with Gasteiger partial charge >= 0.3 is 0 Å². The lowest BCUT2D eigenvalue weighted by Crippen LogP contribution is -1.95. The van der Waals surface area contributed by atoms with Crippen LogP contribution in [0.3, 0.4) is 0 Å². The summed E-state index contributed by atoms with van der Waals surface area (Å²) in [6.07, 6.45) is 4.12. The highest BCUT2D eigenvalue weighted by Gasteiger charge is 2.23. The maximum absolute atomic E-state index is 5.84. The predicted octanol–water partition coefficient (Wildman–Crippen LogP) is 3.92. The van der Waals surface area contributed by atoms with Gasteiger partial charge in [-0.15, -0.1) is 5.10 Å². The molecule has 5 heteroatoms. The summed E-state index contributed by atoms with van der Waals surface area (Å²) < 4.78 is 11.6. The van der Waals surface area contributed by atoms with Crippen molar-refractivity contribution in [2.24, 2.45) is 0 Å². The zero-order valence-electron chi connectivity index (χ0n) is 10.5. The van der Waals surface area contributed by atoms with Crippen LogP contribution in [0.25, 0.3) is 0 Å². The van der Waals surface area contributed by atoms with Gasteiger partial charge in [0.15, 0.2) is 5.75 Å². The molecule has 0 saturated heterocycles. The minimum Gasteiger partial charge on any atom is -0.479 e. The van der Waals surface area contributed by atoms with E-state index in [-0.39, 0.29) is 0 Å². The largest absolute Gasteiger partial charge is 0.479 e. The van der Waals surface area contributed by atoms with E-state index in [4.69, 9.17) is 9.47 Å². The van der Waals surface area contributed by atoms with Gasteiger partial charge in [-0.1, -0.05) is 12.1 Å². The van der Waals surface area contributed by atoms with Gasteiger partial charge in [0.25, 0.3) is 5.88 Å². The summed E-state index contributed by atoms with van der Waals surface area (Å²) >= 11 is 3.41. The predicted molar refractivity (Wildman–Crippen MR) is 74.8 cm³/mol. The van der Waals surface area contributed by atoms with Gasteiger partial charge in [0.05, 0.1) is 13.3 Å². The smallest absolute Gasteiger partial charge is 0.251 e. The lowest BCUT2D eigenvalue weighted by atomic mass is 10.1. The van der Waals surface area contributed by atoms with E-state index in [0.29, 0.717) is 22.0 Å². The fourth-order valence-electron chi connectivity index (χ4n) is 1.92. The van der Waals surface area contributed by atoms with Gasteiger partial charge in [-0.3, -0.25) is 0 Å². The number of halogens is 1. The number of hydrogen-bond acceptors (Lipinski definition) is 4. The topological polar surface area (TPSA) is 44.2 Å². The molecule has 1 aromatic carbocycles. The third-order valence-electron chi connectivity index (χ3n) is 3.06. The van der Waals surface area contributed by atoms with Crippen LogP contribution in [-0.2, 0) is 0 Å². The molecule has 0 bridgehead atoms. The second kappa shape index (κ2) is 5.17. The van der Waals surface area contributed by atoms with E-state index in [2.05, 4.69) is 38.3 Å². The summed E-state index contributed by atoms with van der Waals surface area (Å²) in [5.74, 6) is 2.52. The number of benzene rings is 1. The van der Waals surface area contributed by atoms with Gasteiger partial charge in [-0.2, -0.15) is 5.10 Å².